The molecule has 13 nitrogen and oxygen atoms in total. The fraction of sp³-hybridized carbons (Fsp3) is 0.736. The lowest BCUT2D eigenvalue weighted by molar-refractivity contribution is -0.220. The van der Waals surface area contributed by atoms with Crippen LogP contribution in [-0.4, -0.2) is 98.3 Å². The maximum Gasteiger partial charge on any atom is 0.472 e. The van der Waals surface area contributed by atoms with E-state index >= 15 is 0 Å². The van der Waals surface area contributed by atoms with Crippen LogP contribution < -0.4 is 0 Å². The van der Waals surface area contributed by atoms with E-state index in [1.165, 1.54) is 96.3 Å². The number of allylic oxidation sites excluding steroid dienone is 12. The summed E-state index contributed by atoms with van der Waals surface area (Å²) < 4.78 is 33.6. The molecule has 1 rings (SSSR count). The normalized spacial score (nSPS) is 21.7. The molecule has 0 saturated heterocycles. The zero-order valence-corrected chi connectivity index (χ0v) is 42.1. The van der Waals surface area contributed by atoms with Crippen molar-refractivity contribution in [3.8, 4) is 0 Å². The van der Waals surface area contributed by atoms with E-state index in [1.807, 2.05) is 12.2 Å². The molecular weight excluding hydrogens is 876 g/mol. The van der Waals surface area contributed by atoms with Crippen LogP contribution in [0.1, 0.15) is 194 Å². The number of hydrogen-bond donors (Lipinski definition) is 6. The van der Waals surface area contributed by atoms with Crippen LogP contribution in [0.15, 0.2) is 72.9 Å². The fourth-order valence-corrected chi connectivity index (χ4v) is 8.41. The van der Waals surface area contributed by atoms with Crippen LogP contribution in [0.2, 0.25) is 0 Å². The molecule has 67 heavy (non-hydrogen) atoms. The summed E-state index contributed by atoms with van der Waals surface area (Å²) in [4.78, 5) is 35.8. The van der Waals surface area contributed by atoms with Gasteiger partial charge in [0.1, 0.15) is 43.2 Å². The lowest BCUT2D eigenvalue weighted by Crippen LogP contribution is -2.64. The van der Waals surface area contributed by atoms with Crippen molar-refractivity contribution in [3.63, 3.8) is 0 Å². The molecule has 0 aromatic carbocycles. The van der Waals surface area contributed by atoms with E-state index in [-0.39, 0.29) is 12.8 Å². The van der Waals surface area contributed by atoms with Crippen LogP contribution in [0.5, 0.6) is 0 Å². The van der Waals surface area contributed by atoms with E-state index in [9.17, 15) is 44.6 Å². The molecule has 1 aliphatic carbocycles. The Kier molecular flexibility index (Phi) is 39.2. The quantitative estimate of drug-likeness (QED) is 0.0146. The number of esters is 2. The van der Waals surface area contributed by atoms with Gasteiger partial charge in [-0.1, -0.05) is 177 Å². The third-order valence-corrected chi connectivity index (χ3v) is 12.5. The third kappa shape index (κ3) is 34.3. The molecule has 1 fully saturated rings. The van der Waals surface area contributed by atoms with E-state index in [1.54, 1.807) is 0 Å². The Labute approximate surface area is 404 Å². The molecule has 386 valence electrons. The molecule has 0 bridgehead atoms. The number of phosphoric acid groups is 1. The number of rotatable bonds is 42. The van der Waals surface area contributed by atoms with Gasteiger partial charge in [-0.15, -0.1) is 0 Å². The van der Waals surface area contributed by atoms with Crippen LogP contribution in [-0.2, 0) is 32.7 Å². The Morgan fingerprint density at radius 3 is 1.36 bits per heavy atom. The van der Waals surface area contributed by atoms with Gasteiger partial charge in [-0.25, -0.2) is 4.57 Å². The van der Waals surface area contributed by atoms with Crippen LogP contribution in [0.3, 0.4) is 0 Å². The van der Waals surface area contributed by atoms with Gasteiger partial charge in [-0.2, -0.15) is 0 Å². The summed E-state index contributed by atoms with van der Waals surface area (Å²) in [6, 6.07) is 0. The minimum atomic E-state index is -5.14. The lowest BCUT2D eigenvalue weighted by Gasteiger charge is -2.41. The van der Waals surface area contributed by atoms with Crippen LogP contribution in [0, 0.1) is 0 Å². The van der Waals surface area contributed by atoms with Gasteiger partial charge in [0.05, 0.1) is 6.61 Å². The Bertz CT molecular complexity index is 1440. The van der Waals surface area contributed by atoms with E-state index in [4.69, 9.17) is 18.5 Å². The molecule has 0 aromatic rings. The zero-order valence-electron chi connectivity index (χ0n) is 41.2. The van der Waals surface area contributed by atoms with Crippen LogP contribution in [0.25, 0.3) is 0 Å². The minimum Gasteiger partial charge on any atom is -0.462 e. The summed E-state index contributed by atoms with van der Waals surface area (Å²) in [7, 11) is -5.14. The van der Waals surface area contributed by atoms with Crippen LogP contribution >= 0.6 is 7.82 Å². The molecule has 0 amide bonds. The van der Waals surface area contributed by atoms with Crippen molar-refractivity contribution in [2.75, 3.05) is 13.2 Å². The first-order valence-electron chi connectivity index (χ1n) is 25.7. The molecule has 0 spiro atoms. The SMILES string of the molecule is CC/C=C/C/C=C/C/C=C/C/C=C/C/C=C/CCCC(=O)O[C@@H](COC(=O)CCCCCCCCCCCCC/C=C/CCCCCCCC)COP(=O)(O)OC1C(O)C(O)C(O)[C@H](O)C1O. The van der Waals surface area contributed by atoms with Crippen molar-refractivity contribution < 1.29 is 63.1 Å². The number of carbonyl (C=O) groups excluding carboxylic acids is 2. The maximum absolute atomic E-state index is 12.8. The first-order chi connectivity index (χ1) is 32.4. The van der Waals surface area contributed by atoms with E-state index < -0.39 is 75.7 Å². The van der Waals surface area contributed by atoms with Crippen molar-refractivity contribution in [2.45, 2.75) is 236 Å². The second-order valence-corrected chi connectivity index (χ2v) is 19.0. The van der Waals surface area contributed by atoms with Gasteiger partial charge in [0.2, 0.25) is 0 Å². The predicted molar refractivity (Wildman–Crippen MR) is 267 cm³/mol. The van der Waals surface area contributed by atoms with Crippen molar-refractivity contribution in [1.82, 2.24) is 0 Å². The lowest BCUT2D eigenvalue weighted by atomic mass is 9.85. The molecule has 0 heterocycles. The highest BCUT2D eigenvalue weighted by atomic mass is 31.2. The minimum absolute atomic E-state index is 0.0157. The van der Waals surface area contributed by atoms with E-state index in [2.05, 4.69) is 74.6 Å². The molecule has 6 N–H and O–H groups in total. The number of unbranched alkanes of at least 4 members (excludes halogenated alkanes) is 18. The van der Waals surface area contributed by atoms with Crippen molar-refractivity contribution >= 4 is 19.8 Å². The summed E-state index contributed by atoms with van der Waals surface area (Å²) in [5.41, 5.74) is 0. The van der Waals surface area contributed by atoms with Crippen molar-refractivity contribution in [1.29, 1.82) is 0 Å². The number of carbonyl (C=O) groups is 2. The molecule has 0 radical (unpaired) electrons. The summed E-state index contributed by atoms with van der Waals surface area (Å²) in [6.07, 6.45) is 41.0. The molecule has 14 heteroatoms. The van der Waals surface area contributed by atoms with Crippen molar-refractivity contribution in [2.24, 2.45) is 0 Å². The standard InChI is InChI=1S/C53H91O13P/c1-3-5-7-9-11-13-15-17-19-21-22-23-24-26-27-29-31-33-35-37-39-41-46(54)63-43-45(44-64-67(61,62)66-53-51(59)49(57)48(56)50(58)52(53)60)65-47(55)42-40-38-36-34-32-30-28-25-20-18-16-14-12-10-8-6-4-2/h6,8,12,14,17-20,28,30,34,36,45,48-53,56-60H,3-5,7,9-11,13,15-16,21-27,29,31-33,35,37-44H2,1-2H3,(H,61,62)/b8-6+,14-12+,19-17+,20-18+,30-28+,36-34+/t45-,48?,49-,50?,51?,52?,53?/m0/s1. The maximum atomic E-state index is 12.8. The molecule has 8 atom stereocenters. The average molecular weight is 967 g/mol. The first-order valence-corrected chi connectivity index (χ1v) is 27.2. The highest BCUT2D eigenvalue weighted by Crippen LogP contribution is 2.47. The summed E-state index contributed by atoms with van der Waals surface area (Å²) in [5.74, 6) is -1.17. The van der Waals surface area contributed by atoms with Crippen molar-refractivity contribution in [3.05, 3.63) is 72.9 Å². The fourth-order valence-electron chi connectivity index (χ4n) is 7.44. The van der Waals surface area contributed by atoms with Gasteiger partial charge in [0, 0.05) is 12.8 Å². The third-order valence-electron chi connectivity index (χ3n) is 11.5. The number of aliphatic hydroxyl groups is 5. The Morgan fingerprint density at radius 1 is 0.478 bits per heavy atom. The topological polar surface area (TPSA) is 210 Å². The van der Waals surface area contributed by atoms with Gasteiger partial charge in [-0.05, 0) is 77.0 Å². The monoisotopic (exact) mass is 967 g/mol. The Balaban J connectivity index is 2.42. The predicted octanol–water partition coefficient (Wildman–Crippen LogP) is 11.1. The molecule has 0 aromatic heterocycles. The van der Waals surface area contributed by atoms with Gasteiger partial charge in [-0.3, -0.25) is 18.6 Å². The Hall–Kier alpha value is -2.71. The molecule has 0 aliphatic heterocycles. The van der Waals surface area contributed by atoms with E-state index in [0.717, 1.165) is 51.4 Å². The van der Waals surface area contributed by atoms with Gasteiger partial charge in [0.15, 0.2) is 6.10 Å². The summed E-state index contributed by atoms with van der Waals surface area (Å²) in [5, 5.41) is 50.3. The molecule has 1 saturated carbocycles. The second-order valence-electron chi connectivity index (χ2n) is 17.6. The highest BCUT2D eigenvalue weighted by molar-refractivity contribution is 7.47. The van der Waals surface area contributed by atoms with Gasteiger partial charge in [0.25, 0.3) is 0 Å². The zero-order chi connectivity index (χ0) is 49.2. The molecular formula is C53H91O13P. The second kappa shape index (κ2) is 42.2. The number of phosphoric ester groups is 1. The number of ether oxygens (including phenoxy) is 2. The average Bonchev–Trinajstić information content (AvgIpc) is 3.31. The molecule has 1 aliphatic rings. The van der Waals surface area contributed by atoms with Gasteiger partial charge >= 0.3 is 19.8 Å². The number of hydrogen-bond acceptors (Lipinski definition) is 12. The molecule has 6 unspecified atom stereocenters. The smallest absolute Gasteiger partial charge is 0.462 e. The number of aliphatic hydroxyl groups excluding tert-OH is 5. The summed E-state index contributed by atoms with van der Waals surface area (Å²) >= 11 is 0. The van der Waals surface area contributed by atoms with Crippen LogP contribution in [0.4, 0.5) is 0 Å². The first kappa shape index (κ1) is 62.3. The highest BCUT2D eigenvalue weighted by Gasteiger charge is 2.51. The van der Waals surface area contributed by atoms with E-state index in [0.29, 0.717) is 19.3 Å². The largest absolute Gasteiger partial charge is 0.472 e. The summed E-state index contributed by atoms with van der Waals surface area (Å²) in [6.45, 7) is 3.15. The Morgan fingerprint density at radius 2 is 0.866 bits per heavy atom. The van der Waals surface area contributed by atoms with Gasteiger partial charge < -0.3 is 39.9 Å².